The summed E-state index contributed by atoms with van der Waals surface area (Å²) in [5, 5.41) is 0. The second kappa shape index (κ2) is 4.94. The van der Waals surface area contributed by atoms with Crippen LogP contribution in [0.25, 0.3) is 0 Å². The molecule has 0 radical (unpaired) electrons. The summed E-state index contributed by atoms with van der Waals surface area (Å²) in [5.74, 6) is 4.91. The Labute approximate surface area is 90.6 Å². The quantitative estimate of drug-likeness (QED) is 0.448. The topological polar surface area (TPSA) is 55.1 Å². The number of hydrazine groups is 1. The van der Waals surface area contributed by atoms with Gasteiger partial charge in [-0.15, -0.1) is 0 Å². The molecule has 1 rings (SSSR count). The highest BCUT2D eigenvalue weighted by Gasteiger charge is 2.05. The molecule has 3 N–H and O–H groups in total. The van der Waals surface area contributed by atoms with Gasteiger partial charge in [-0.2, -0.15) is 0 Å². The molecule has 3 heteroatoms. The molecule has 0 spiro atoms. The number of nitrogens with one attached hydrogen (secondary N) is 1. The Morgan fingerprint density at radius 1 is 1.27 bits per heavy atom. The second-order valence-corrected chi connectivity index (χ2v) is 3.86. The van der Waals surface area contributed by atoms with Crippen molar-refractivity contribution in [3.63, 3.8) is 0 Å². The van der Waals surface area contributed by atoms with Crippen LogP contribution in [0.1, 0.15) is 28.7 Å². The molecule has 0 unspecified atom stereocenters. The van der Waals surface area contributed by atoms with E-state index >= 15 is 0 Å². The largest absolute Gasteiger partial charge is 0.294 e. The fourth-order valence-corrected chi connectivity index (χ4v) is 1.60. The average Bonchev–Trinajstić information content (AvgIpc) is 2.24. The number of aryl methyl sites for hydroxylation is 2. The van der Waals surface area contributed by atoms with Gasteiger partial charge in [0.05, 0.1) is 0 Å². The lowest BCUT2D eigenvalue weighted by Gasteiger charge is -2.10. The number of hydrogen-bond acceptors (Lipinski definition) is 2. The van der Waals surface area contributed by atoms with Crippen molar-refractivity contribution < 1.29 is 4.79 Å². The Morgan fingerprint density at radius 2 is 1.93 bits per heavy atom. The molecule has 0 saturated heterocycles. The SMILES string of the molecule is Cc1ccc(CCC(=O)NN)c(C)c1C. The van der Waals surface area contributed by atoms with Gasteiger partial charge in [-0.25, -0.2) is 5.84 Å². The van der Waals surface area contributed by atoms with Crippen LogP contribution in [0.3, 0.4) is 0 Å². The summed E-state index contributed by atoms with van der Waals surface area (Å²) in [6, 6.07) is 4.18. The monoisotopic (exact) mass is 206 g/mol. The first-order valence-electron chi connectivity index (χ1n) is 5.11. The number of rotatable bonds is 3. The van der Waals surface area contributed by atoms with Crippen molar-refractivity contribution in [1.82, 2.24) is 5.43 Å². The Bertz CT molecular complexity index is 372. The summed E-state index contributed by atoms with van der Waals surface area (Å²) in [7, 11) is 0. The standard InChI is InChI=1S/C12H18N2O/c1-8-4-5-11(10(3)9(8)2)6-7-12(15)14-13/h4-5H,6-7,13H2,1-3H3,(H,14,15). The predicted molar refractivity (Wildman–Crippen MR) is 61.3 cm³/mol. The molecule has 0 atom stereocenters. The molecule has 1 amide bonds. The van der Waals surface area contributed by atoms with Gasteiger partial charge >= 0.3 is 0 Å². The van der Waals surface area contributed by atoms with E-state index in [4.69, 9.17) is 5.84 Å². The lowest BCUT2D eigenvalue weighted by molar-refractivity contribution is -0.121. The summed E-state index contributed by atoms with van der Waals surface area (Å²) in [6.07, 6.45) is 1.19. The molecule has 1 aromatic rings. The van der Waals surface area contributed by atoms with E-state index in [1.165, 1.54) is 22.3 Å². The van der Waals surface area contributed by atoms with E-state index in [1.807, 2.05) is 0 Å². The van der Waals surface area contributed by atoms with Gasteiger partial charge in [0, 0.05) is 6.42 Å². The lowest BCUT2D eigenvalue weighted by Crippen LogP contribution is -2.30. The van der Waals surface area contributed by atoms with Gasteiger partial charge in [-0.3, -0.25) is 10.2 Å². The summed E-state index contributed by atoms with van der Waals surface area (Å²) in [5.41, 5.74) is 7.24. The minimum Gasteiger partial charge on any atom is -0.294 e. The average molecular weight is 206 g/mol. The van der Waals surface area contributed by atoms with Crippen molar-refractivity contribution in [3.8, 4) is 0 Å². The van der Waals surface area contributed by atoms with Gasteiger partial charge in [-0.1, -0.05) is 12.1 Å². The molecule has 1 aromatic carbocycles. The highest BCUT2D eigenvalue weighted by atomic mass is 16.2. The molecular weight excluding hydrogens is 188 g/mol. The summed E-state index contributed by atoms with van der Waals surface area (Å²) in [6.45, 7) is 6.30. The first-order chi connectivity index (χ1) is 7.06. The number of carbonyl (C=O) groups is 1. The van der Waals surface area contributed by atoms with Crippen molar-refractivity contribution in [2.75, 3.05) is 0 Å². The molecule has 0 heterocycles. The normalized spacial score (nSPS) is 10.1. The number of nitrogens with two attached hydrogens (primary N) is 1. The smallest absolute Gasteiger partial charge is 0.234 e. The van der Waals surface area contributed by atoms with Gasteiger partial charge in [-0.05, 0) is 49.4 Å². The number of benzene rings is 1. The maximum atomic E-state index is 11.0. The van der Waals surface area contributed by atoms with Crippen LogP contribution < -0.4 is 11.3 Å². The van der Waals surface area contributed by atoms with E-state index in [0.29, 0.717) is 6.42 Å². The zero-order valence-corrected chi connectivity index (χ0v) is 9.55. The zero-order chi connectivity index (χ0) is 11.4. The van der Waals surface area contributed by atoms with E-state index in [-0.39, 0.29) is 5.91 Å². The van der Waals surface area contributed by atoms with Crippen LogP contribution in [0.4, 0.5) is 0 Å². The maximum Gasteiger partial charge on any atom is 0.234 e. The molecule has 15 heavy (non-hydrogen) atoms. The predicted octanol–water partition coefficient (Wildman–Crippen LogP) is 1.53. The third kappa shape index (κ3) is 2.80. The fourth-order valence-electron chi connectivity index (χ4n) is 1.60. The summed E-state index contributed by atoms with van der Waals surface area (Å²) >= 11 is 0. The molecule has 0 aliphatic rings. The van der Waals surface area contributed by atoms with Gasteiger partial charge in [0.15, 0.2) is 0 Å². The zero-order valence-electron chi connectivity index (χ0n) is 9.55. The Hall–Kier alpha value is -1.35. The van der Waals surface area contributed by atoms with Crippen LogP contribution in [-0.2, 0) is 11.2 Å². The van der Waals surface area contributed by atoms with Gasteiger partial charge in [0.2, 0.25) is 5.91 Å². The fraction of sp³-hybridized carbons (Fsp3) is 0.417. The highest BCUT2D eigenvalue weighted by Crippen LogP contribution is 2.18. The highest BCUT2D eigenvalue weighted by molar-refractivity contribution is 5.75. The lowest BCUT2D eigenvalue weighted by atomic mass is 9.96. The molecule has 0 aliphatic carbocycles. The number of carbonyl (C=O) groups excluding carboxylic acids is 1. The minimum absolute atomic E-state index is 0.118. The van der Waals surface area contributed by atoms with Crippen LogP contribution in [0.5, 0.6) is 0 Å². The molecule has 0 fully saturated rings. The summed E-state index contributed by atoms with van der Waals surface area (Å²) < 4.78 is 0. The van der Waals surface area contributed by atoms with E-state index < -0.39 is 0 Å². The van der Waals surface area contributed by atoms with E-state index in [2.05, 4.69) is 38.3 Å². The maximum absolute atomic E-state index is 11.0. The van der Waals surface area contributed by atoms with Crippen LogP contribution in [0.2, 0.25) is 0 Å². The molecule has 0 aromatic heterocycles. The third-order valence-electron chi connectivity index (χ3n) is 2.95. The van der Waals surface area contributed by atoms with E-state index in [0.717, 1.165) is 6.42 Å². The molecular formula is C12H18N2O. The Kier molecular flexibility index (Phi) is 3.86. The Morgan fingerprint density at radius 3 is 2.53 bits per heavy atom. The van der Waals surface area contributed by atoms with Crippen molar-refractivity contribution >= 4 is 5.91 Å². The number of hydrogen-bond donors (Lipinski definition) is 2. The van der Waals surface area contributed by atoms with Crippen molar-refractivity contribution in [2.45, 2.75) is 33.6 Å². The van der Waals surface area contributed by atoms with Gasteiger partial charge in [0.25, 0.3) is 0 Å². The number of amides is 1. The van der Waals surface area contributed by atoms with Crippen molar-refractivity contribution in [3.05, 3.63) is 34.4 Å². The van der Waals surface area contributed by atoms with Gasteiger partial charge < -0.3 is 0 Å². The molecule has 82 valence electrons. The van der Waals surface area contributed by atoms with Crippen LogP contribution >= 0.6 is 0 Å². The molecule has 0 saturated carbocycles. The van der Waals surface area contributed by atoms with Crippen LogP contribution in [0, 0.1) is 20.8 Å². The van der Waals surface area contributed by atoms with Crippen LogP contribution in [0.15, 0.2) is 12.1 Å². The van der Waals surface area contributed by atoms with Crippen molar-refractivity contribution in [2.24, 2.45) is 5.84 Å². The van der Waals surface area contributed by atoms with E-state index in [9.17, 15) is 4.79 Å². The third-order valence-corrected chi connectivity index (χ3v) is 2.95. The van der Waals surface area contributed by atoms with E-state index in [1.54, 1.807) is 0 Å². The molecule has 0 bridgehead atoms. The summed E-state index contributed by atoms with van der Waals surface area (Å²) in [4.78, 5) is 11.0. The second-order valence-electron chi connectivity index (χ2n) is 3.86. The first-order valence-corrected chi connectivity index (χ1v) is 5.11. The molecule has 3 nitrogen and oxygen atoms in total. The minimum atomic E-state index is -0.118. The van der Waals surface area contributed by atoms with Gasteiger partial charge in [0.1, 0.15) is 0 Å². The van der Waals surface area contributed by atoms with Crippen LogP contribution in [-0.4, -0.2) is 5.91 Å². The van der Waals surface area contributed by atoms with Crippen molar-refractivity contribution in [1.29, 1.82) is 0 Å². The first kappa shape index (κ1) is 11.7. The molecule has 0 aliphatic heterocycles. The Balaban J connectivity index is 2.78.